The van der Waals surface area contributed by atoms with E-state index in [1.165, 1.54) is 9.80 Å². The van der Waals surface area contributed by atoms with E-state index in [9.17, 15) is 14.4 Å². The minimum absolute atomic E-state index is 0.245. The monoisotopic (exact) mass is 228 g/mol. The van der Waals surface area contributed by atoms with Crippen molar-refractivity contribution in [3.8, 4) is 0 Å². The Morgan fingerprint density at radius 2 is 2.00 bits per heavy atom. The highest BCUT2D eigenvalue weighted by Crippen LogP contribution is 2.25. The van der Waals surface area contributed by atoms with Gasteiger partial charge in [0.15, 0.2) is 0 Å². The van der Waals surface area contributed by atoms with Gasteiger partial charge in [0.25, 0.3) is 0 Å². The summed E-state index contributed by atoms with van der Waals surface area (Å²) in [6, 6.07) is -0.714. The molecule has 0 aromatic heterocycles. The lowest BCUT2D eigenvalue weighted by molar-refractivity contribution is -0.138. The number of rotatable bonds is 2. The van der Waals surface area contributed by atoms with Gasteiger partial charge in [-0.3, -0.25) is 9.69 Å². The molecule has 0 spiro atoms. The van der Waals surface area contributed by atoms with Crippen molar-refractivity contribution >= 4 is 18.0 Å². The van der Waals surface area contributed by atoms with Crippen LogP contribution >= 0.6 is 0 Å². The van der Waals surface area contributed by atoms with Crippen molar-refractivity contribution in [2.45, 2.75) is 12.3 Å². The number of hydrogen-bond acceptors (Lipinski definition) is 3. The third-order valence-electron chi connectivity index (χ3n) is 2.86. The summed E-state index contributed by atoms with van der Waals surface area (Å²) in [4.78, 5) is 37.6. The molecule has 88 valence electrons. The smallest absolute Gasteiger partial charge is 0.323 e. The summed E-state index contributed by atoms with van der Waals surface area (Å²) in [5.74, 6) is -1.11. The SMILES string of the molecule is CN1C(=O)N(C)[C@H]2NC(=O)N(CC(=O)O)[C@H]21. The zero-order chi connectivity index (χ0) is 12.0. The van der Waals surface area contributed by atoms with E-state index in [0.717, 1.165) is 4.90 Å². The molecule has 2 saturated heterocycles. The van der Waals surface area contributed by atoms with Gasteiger partial charge in [-0.05, 0) is 0 Å². The fraction of sp³-hybridized carbons (Fsp3) is 0.625. The maximum Gasteiger partial charge on any atom is 0.323 e. The van der Waals surface area contributed by atoms with Crippen LogP contribution in [0.2, 0.25) is 0 Å². The molecule has 0 aromatic rings. The van der Waals surface area contributed by atoms with E-state index in [0.29, 0.717) is 0 Å². The van der Waals surface area contributed by atoms with E-state index in [-0.39, 0.29) is 6.03 Å². The van der Waals surface area contributed by atoms with Crippen LogP contribution in [0.25, 0.3) is 0 Å². The Morgan fingerprint density at radius 1 is 1.38 bits per heavy atom. The van der Waals surface area contributed by atoms with Crippen molar-refractivity contribution in [1.82, 2.24) is 20.0 Å². The van der Waals surface area contributed by atoms with Crippen LogP contribution in [0.5, 0.6) is 0 Å². The van der Waals surface area contributed by atoms with E-state index in [2.05, 4.69) is 5.32 Å². The van der Waals surface area contributed by atoms with Crippen LogP contribution in [0.4, 0.5) is 9.59 Å². The van der Waals surface area contributed by atoms with Gasteiger partial charge in [-0.15, -0.1) is 0 Å². The second-order valence-electron chi connectivity index (χ2n) is 3.83. The lowest BCUT2D eigenvalue weighted by atomic mass is 10.3. The first-order chi connectivity index (χ1) is 7.43. The molecule has 0 aromatic carbocycles. The molecular formula is C8H12N4O4. The van der Waals surface area contributed by atoms with Crippen LogP contribution in [-0.4, -0.2) is 70.8 Å². The summed E-state index contributed by atoms with van der Waals surface area (Å²) in [6.07, 6.45) is -1.04. The fourth-order valence-electron chi connectivity index (χ4n) is 2.08. The predicted molar refractivity (Wildman–Crippen MR) is 51.4 cm³/mol. The summed E-state index contributed by atoms with van der Waals surface area (Å²) in [6.45, 7) is -0.418. The number of carbonyl (C=O) groups is 3. The summed E-state index contributed by atoms with van der Waals surface area (Å²) >= 11 is 0. The van der Waals surface area contributed by atoms with E-state index in [4.69, 9.17) is 5.11 Å². The van der Waals surface area contributed by atoms with Crippen molar-refractivity contribution in [2.24, 2.45) is 0 Å². The number of amides is 4. The second kappa shape index (κ2) is 3.26. The first kappa shape index (κ1) is 10.5. The maximum atomic E-state index is 11.6. The van der Waals surface area contributed by atoms with E-state index >= 15 is 0 Å². The molecule has 8 heteroatoms. The number of aliphatic carboxylic acids is 1. The van der Waals surface area contributed by atoms with Crippen LogP contribution in [0.3, 0.4) is 0 Å². The molecule has 8 nitrogen and oxygen atoms in total. The predicted octanol–water partition coefficient (Wildman–Crippen LogP) is -1.25. The molecule has 0 aliphatic carbocycles. The van der Waals surface area contributed by atoms with Gasteiger partial charge in [0.2, 0.25) is 0 Å². The highest BCUT2D eigenvalue weighted by atomic mass is 16.4. The number of likely N-dealkylation sites (N-methyl/N-ethyl adjacent to an activating group) is 2. The van der Waals surface area contributed by atoms with Crippen LogP contribution < -0.4 is 5.32 Å². The maximum absolute atomic E-state index is 11.6. The molecule has 2 aliphatic heterocycles. The Balaban J connectivity index is 2.25. The molecule has 2 heterocycles. The number of fused-ring (bicyclic) bond motifs is 1. The summed E-state index contributed by atoms with van der Waals surface area (Å²) < 4.78 is 0. The highest BCUT2D eigenvalue weighted by Gasteiger charge is 2.52. The third kappa shape index (κ3) is 1.26. The molecule has 16 heavy (non-hydrogen) atoms. The average molecular weight is 228 g/mol. The molecule has 2 atom stereocenters. The van der Waals surface area contributed by atoms with E-state index in [1.54, 1.807) is 14.1 Å². The number of hydrogen-bond donors (Lipinski definition) is 2. The van der Waals surface area contributed by atoms with Crippen molar-refractivity contribution < 1.29 is 19.5 Å². The largest absolute Gasteiger partial charge is 0.480 e. The van der Waals surface area contributed by atoms with Gasteiger partial charge in [-0.2, -0.15) is 0 Å². The van der Waals surface area contributed by atoms with Gasteiger partial charge < -0.3 is 20.2 Å². The normalized spacial score (nSPS) is 28.5. The van der Waals surface area contributed by atoms with Gasteiger partial charge in [0.05, 0.1) is 0 Å². The van der Waals surface area contributed by atoms with Gasteiger partial charge in [0.1, 0.15) is 18.9 Å². The van der Waals surface area contributed by atoms with Crippen LogP contribution in [0.1, 0.15) is 0 Å². The molecule has 0 unspecified atom stereocenters. The summed E-state index contributed by atoms with van der Waals surface area (Å²) in [5, 5.41) is 11.3. The average Bonchev–Trinajstić information content (AvgIpc) is 2.61. The van der Waals surface area contributed by atoms with Crippen molar-refractivity contribution in [3.63, 3.8) is 0 Å². The number of urea groups is 2. The van der Waals surface area contributed by atoms with Crippen molar-refractivity contribution in [2.75, 3.05) is 20.6 Å². The number of carboxylic acids is 1. The molecule has 4 amide bonds. The minimum atomic E-state index is -1.11. The number of carboxylic acid groups (broad SMARTS) is 1. The Bertz CT molecular complexity index is 371. The molecular weight excluding hydrogens is 216 g/mol. The van der Waals surface area contributed by atoms with Gasteiger partial charge >= 0.3 is 18.0 Å². The van der Waals surface area contributed by atoms with Crippen LogP contribution in [-0.2, 0) is 4.79 Å². The molecule has 0 bridgehead atoms. The molecule has 0 radical (unpaired) electrons. The zero-order valence-corrected chi connectivity index (χ0v) is 8.88. The molecule has 2 N–H and O–H groups in total. The van der Waals surface area contributed by atoms with Gasteiger partial charge in [-0.25, -0.2) is 9.59 Å². The number of nitrogens with one attached hydrogen (secondary N) is 1. The highest BCUT2D eigenvalue weighted by molar-refractivity contribution is 5.87. The molecule has 2 aliphatic rings. The van der Waals surface area contributed by atoms with E-state index < -0.39 is 30.9 Å². The molecule has 0 saturated carbocycles. The number of carbonyl (C=O) groups excluding carboxylic acids is 2. The quantitative estimate of drug-likeness (QED) is 0.617. The standard InChI is InChI=1S/C8H12N4O4/c1-10-5-6(11(2)8(10)16)12(3-4(13)14)7(15)9-5/h5-6H,3H2,1-2H3,(H,9,15)(H,13,14)/t5-,6-/m1/s1. The van der Waals surface area contributed by atoms with Crippen LogP contribution in [0.15, 0.2) is 0 Å². The Labute approximate surface area is 91.4 Å². The minimum Gasteiger partial charge on any atom is -0.480 e. The van der Waals surface area contributed by atoms with Gasteiger partial charge in [0, 0.05) is 14.1 Å². The van der Waals surface area contributed by atoms with Crippen molar-refractivity contribution in [1.29, 1.82) is 0 Å². The van der Waals surface area contributed by atoms with Crippen LogP contribution in [0, 0.1) is 0 Å². The first-order valence-electron chi connectivity index (χ1n) is 4.72. The molecule has 2 fully saturated rings. The van der Waals surface area contributed by atoms with E-state index in [1.807, 2.05) is 0 Å². The summed E-state index contributed by atoms with van der Waals surface area (Å²) in [5.41, 5.74) is 0. The van der Waals surface area contributed by atoms with Gasteiger partial charge in [-0.1, -0.05) is 0 Å². The first-order valence-corrected chi connectivity index (χ1v) is 4.72. The number of nitrogens with zero attached hydrogens (tertiary/aromatic N) is 3. The Morgan fingerprint density at radius 3 is 2.56 bits per heavy atom. The summed E-state index contributed by atoms with van der Waals surface area (Å²) in [7, 11) is 3.10. The second-order valence-corrected chi connectivity index (χ2v) is 3.83. The third-order valence-corrected chi connectivity index (χ3v) is 2.86. The van der Waals surface area contributed by atoms with Crippen molar-refractivity contribution in [3.05, 3.63) is 0 Å². The Kier molecular flexibility index (Phi) is 2.14. The lowest BCUT2D eigenvalue weighted by Gasteiger charge is -2.24. The topological polar surface area (TPSA) is 93.2 Å². The fourth-order valence-corrected chi connectivity index (χ4v) is 2.08. The molecule has 2 rings (SSSR count). The lowest BCUT2D eigenvalue weighted by Crippen LogP contribution is -2.46. The Hall–Kier alpha value is -1.99. The zero-order valence-electron chi connectivity index (χ0n) is 8.88.